The van der Waals surface area contributed by atoms with Crippen LogP contribution in [0.1, 0.15) is 52.0 Å². The Bertz CT molecular complexity index is 433. The summed E-state index contributed by atoms with van der Waals surface area (Å²) in [6.45, 7) is 7.14. The van der Waals surface area contributed by atoms with Gasteiger partial charge < -0.3 is 5.32 Å². The van der Waals surface area contributed by atoms with E-state index in [1.54, 1.807) is 6.07 Å². The van der Waals surface area contributed by atoms with Crippen LogP contribution in [0.5, 0.6) is 0 Å². The maximum absolute atomic E-state index is 14.1. The lowest BCUT2D eigenvalue weighted by Crippen LogP contribution is -2.23. The topological polar surface area (TPSA) is 12.0 Å². The lowest BCUT2D eigenvalue weighted by atomic mass is 9.91. The molecule has 0 heterocycles. The molecule has 0 amide bonds. The first-order valence-electron chi connectivity index (χ1n) is 7.73. The molecule has 0 spiro atoms. The van der Waals surface area contributed by atoms with Gasteiger partial charge in [-0.1, -0.05) is 39.7 Å². The van der Waals surface area contributed by atoms with E-state index in [1.807, 2.05) is 17.8 Å². The summed E-state index contributed by atoms with van der Waals surface area (Å²) in [4.78, 5) is 1.12. The third kappa shape index (κ3) is 4.49. The van der Waals surface area contributed by atoms with Gasteiger partial charge in [-0.15, -0.1) is 11.8 Å². The molecule has 0 aliphatic heterocycles. The highest BCUT2D eigenvalue weighted by Crippen LogP contribution is 2.37. The molecule has 0 bridgehead atoms. The van der Waals surface area contributed by atoms with Crippen molar-refractivity contribution in [2.24, 2.45) is 5.92 Å². The zero-order valence-electron chi connectivity index (χ0n) is 12.8. The molecule has 0 radical (unpaired) electrons. The molecule has 3 heteroatoms. The van der Waals surface area contributed by atoms with Crippen LogP contribution in [0, 0.1) is 11.7 Å². The summed E-state index contributed by atoms with van der Waals surface area (Å²) in [5.41, 5.74) is 0.837. The Balaban J connectivity index is 2.07. The van der Waals surface area contributed by atoms with Gasteiger partial charge in [0.25, 0.3) is 0 Å². The smallest absolute Gasteiger partial charge is 0.128 e. The molecular weight excluding hydrogens is 269 g/mol. The largest absolute Gasteiger partial charge is 0.310 e. The van der Waals surface area contributed by atoms with Gasteiger partial charge in [0.1, 0.15) is 5.82 Å². The standard InChI is InChI=1S/C17H26FNS/c1-12(2)19-11-15-16(18)8-5-9-17(15)20-14-7-4-6-13(3)10-14/h5,8-9,12-14,19H,4,6-7,10-11H2,1-3H3. The van der Waals surface area contributed by atoms with Crippen LogP contribution >= 0.6 is 11.8 Å². The van der Waals surface area contributed by atoms with Crippen molar-refractivity contribution < 1.29 is 4.39 Å². The van der Waals surface area contributed by atoms with E-state index in [0.717, 1.165) is 16.4 Å². The second-order valence-corrected chi connectivity index (χ2v) is 7.61. The fourth-order valence-corrected chi connectivity index (χ4v) is 4.33. The first kappa shape index (κ1) is 15.8. The zero-order valence-corrected chi connectivity index (χ0v) is 13.6. The molecule has 1 aliphatic rings. The lowest BCUT2D eigenvalue weighted by Gasteiger charge is -2.27. The molecule has 0 saturated heterocycles. The van der Waals surface area contributed by atoms with Gasteiger partial charge in [-0.05, 0) is 30.9 Å². The summed E-state index contributed by atoms with van der Waals surface area (Å²) < 4.78 is 14.1. The minimum absolute atomic E-state index is 0.0768. The predicted octanol–water partition coefficient (Wildman–Crippen LogP) is 4.99. The van der Waals surface area contributed by atoms with Crippen molar-refractivity contribution in [1.29, 1.82) is 0 Å². The number of thioether (sulfide) groups is 1. The highest BCUT2D eigenvalue weighted by Gasteiger charge is 2.21. The summed E-state index contributed by atoms with van der Waals surface area (Å²) in [7, 11) is 0. The summed E-state index contributed by atoms with van der Waals surface area (Å²) in [6, 6.07) is 5.86. The molecule has 20 heavy (non-hydrogen) atoms. The number of halogens is 1. The molecule has 0 aromatic heterocycles. The summed E-state index contributed by atoms with van der Waals surface area (Å²) in [6.07, 6.45) is 5.19. The minimum Gasteiger partial charge on any atom is -0.310 e. The molecule has 1 N–H and O–H groups in total. The highest BCUT2D eigenvalue weighted by molar-refractivity contribution is 8.00. The van der Waals surface area contributed by atoms with Crippen LogP contribution in [-0.4, -0.2) is 11.3 Å². The van der Waals surface area contributed by atoms with E-state index in [0.29, 0.717) is 17.8 Å². The Morgan fingerprint density at radius 1 is 1.35 bits per heavy atom. The van der Waals surface area contributed by atoms with Crippen molar-refractivity contribution in [1.82, 2.24) is 5.32 Å². The van der Waals surface area contributed by atoms with Gasteiger partial charge in [-0.2, -0.15) is 0 Å². The summed E-state index contributed by atoms with van der Waals surface area (Å²) in [5, 5.41) is 3.99. The van der Waals surface area contributed by atoms with Crippen LogP contribution in [0.4, 0.5) is 4.39 Å². The normalized spacial score (nSPS) is 23.2. The molecule has 1 aromatic carbocycles. The molecule has 1 fully saturated rings. The molecule has 1 nitrogen and oxygen atoms in total. The zero-order chi connectivity index (χ0) is 14.5. The first-order chi connectivity index (χ1) is 9.56. The fourth-order valence-electron chi connectivity index (χ4n) is 2.79. The number of hydrogen-bond donors (Lipinski definition) is 1. The predicted molar refractivity (Wildman–Crippen MR) is 85.7 cm³/mol. The SMILES string of the molecule is CC1CCCC(Sc2cccc(F)c2CNC(C)C)C1. The van der Waals surface area contributed by atoms with Gasteiger partial charge in [0, 0.05) is 28.3 Å². The molecular formula is C17H26FNS. The van der Waals surface area contributed by atoms with E-state index in [2.05, 4.69) is 32.2 Å². The molecule has 2 rings (SSSR count). The number of hydrogen-bond acceptors (Lipinski definition) is 2. The van der Waals surface area contributed by atoms with Crippen LogP contribution in [-0.2, 0) is 6.54 Å². The molecule has 1 aromatic rings. The van der Waals surface area contributed by atoms with Crippen molar-refractivity contribution in [3.8, 4) is 0 Å². The number of benzene rings is 1. The van der Waals surface area contributed by atoms with Crippen molar-refractivity contribution >= 4 is 11.8 Å². The molecule has 1 saturated carbocycles. The highest BCUT2D eigenvalue weighted by atomic mass is 32.2. The average Bonchev–Trinajstić information content (AvgIpc) is 2.38. The molecule has 2 atom stereocenters. The number of nitrogens with one attached hydrogen (secondary N) is 1. The van der Waals surface area contributed by atoms with Crippen molar-refractivity contribution in [3.05, 3.63) is 29.6 Å². The van der Waals surface area contributed by atoms with Gasteiger partial charge in [0.2, 0.25) is 0 Å². The number of rotatable bonds is 5. The second kappa shape index (κ2) is 7.46. The van der Waals surface area contributed by atoms with E-state index < -0.39 is 0 Å². The van der Waals surface area contributed by atoms with Crippen LogP contribution in [0.2, 0.25) is 0 Å². The molecule has 2 unspecified atom stereocenters. The summed E-state index contributed by atoms with van der Waals surface area (Å²) in [5.74, 6) is 0.735. The van der Waals surface area contributed by atoms with E-state index in [1.165, 1.54) is 25.7 Å². The molecule has 112 valence electrons. The summed E-state index contributed by atoms with van der Waals surface area (Å²) >= 11 is 1.88. The Hall–Kier alpha value is -0.540. The Morgan fingerprint density at radius 3 is 2.85 bits per heavy atom. The van der Waals surface area contributed by atoms with E-state index in [4.69, 9.17) is 0 Å². The lowest BCUT2D eigenvalue weighted by molar-refractivity contribution is 0.394. The average molecular weight is 295 g/mol. The maximum atomic E-state index is 14.1. The fraction of sp³-hybridized carbons (Fsp3) is 0.647. The van der Waals surface area contributed by atoms with E-state index >= 15 is 0 Å². The second-order valence-electron chi connectivity index (χ2n) is 6.26. The van der Waals surface area contributed by atoms with Crippen LogP contribution in [0.3, 0.4) is 0 Å². The van der Waals surface area contributed by atoms with Gasteiger partial charge in [0.15, 0.2) is 0 Å². The van der Waals surface area contributed by atoms with Gasteiger partial charge in [-0.3, -0.25) is 0 Å². The van der Waals surface area contributed by atoms with Crippen LogP contribution in [0.15, 0.2) is 23.1 Å². The van der Waals surface area contributed by atoms with Crippen molar-refractivity contribution in [3.63, 3.8) is 0 Å². The van der Waals surface area contributed by atoms with Gasteiger partial charge >= 0.3 is 0 Å². The third-order valence-electron chi connectivity index (χ3n) is 3.94. The minimum atomic E-state index is -0.0768. The van der Waals surface area contributed by atoms with E-state index in [9.17, 15) is 4.39 Å². The quantitative estimate of drug-likeness (QED) is 0.821. The van der Waals surface area contributed by atoms with Crippen LogP contribution < -0.4 is 5.32 Å². The Kier molecular flexibility index (Phi) is 5.91. The first-order valence-corrected chi connectivity index (χ1v) is 8.61. The van der Waals surface area contributed by atoms with Gasteiger partial charge in [-0.25, -0.2) is 4.39 Å². The Labute approximate surface area is 126 Å². The van der Waals surface area contributed by atoms with Crippen molar-refractivity contribution in [2.45, 2.75) is 69.2 Å². The van der Waals surface area contributed by atoms with E-state index in [-0.39, 0.29) is 5.82 Å². The maximum Gasteiger partial charge on any atom is 0.128 e. The molecule has 1 aliphatic carbocycles. The Morgan fingerprint density at radius 2 is 2.15 bits per heavy atom. The van der Waals surface area contributed by atoms with Gasteiger partial charge in [0.05, 0.1) is 0 Å². The monoisotopic (exact) mass is 295 g/mol. The van der Waals surface area contributed by atoms with Crippen LogP contribution in [0.25, 0.3) is 0 Å². The third-order valence-corrected chi connectivity index (χ3v) is 5.34. The van der Waals surface area contributed by atoms with Crippen molar-refractivity contribution in [2.75, 3.05) is 0 Å².